The number of hydrogen-bond acceptors (Lipinski definition) is 5. The van der Waals surface area contributed by atoms with Gasteiger partial charge >= 0.3 is 6.09 Å². The monoisotopic (exact) mass is 591 g/mol. The first-order valence-corrected chi connectivity index (χ1v) is 15.2. The van der Waals surface area contributed by atoms with Gasteiger partial charge in [-0.1, -0.05) is 35.4 Å². The molecule has 5 rings (SSSR count). The van der Waals surface area contributed by atoms with Gasteiger partial charge in [-0.05, 0) is 83.7 Å². The Morgan fingerprint density at radius 2 is 1.60 bits per heavy atom. The average Bonchev–Trinajstić information content (AvgIpc) is 3.38. The molecule has 3 aromatic rings. The summed E-state index contributed by atoms with van der Waals surface area (Å²) in [6.45, 7) is 15.8. The maximum absolute atomic E-state index is 14.1. The van der Waals surface area contributed by atoms with Gasteiger partial charge < -0.3 is 19.4 Å². The fourth-order valence-corrected chi connectivity index (χ4v) is 6.25. The Morgan fingerprint density at radius 1 is 0.905 bits per heavy atom. The Hall–Kier alpha value is -3.52. The highest BCUT2D eigenvalue weighted by molar-refractivity contribution is 6.31. The Kier molecular flexibility index (Phi) is 8.56. The van der Waals surface area contributed by atoms with Crippen molar-refractivity contribution >= 4 is 29.3 Å². The molecule has 0 atom stereocenters. The van der Waals surface area contributed by atoms with Gasteiger partial charge in [0.05, 0.1) is 23.1 Å². The van der Waals surface area contributed by atoms with Gasteiger partial charge in [-0.25, -0.2) is 9.48 Å². The number of piperazine rings is 1. The molecule has 0 unspecified atom stereocenters. The standard InChI is InChI=1S/C33H42ClN5O3/c1-22-10-11-28(23(2)20-22)36-16-18-37(19-17-36)31(40)26-21-35-39(29-9-7-8-27(34)24(29)3)30(26)25-12-14-38(15-13-25)32(41)42-33(4,5)6/h7-11,20-21,25H,12-19H2,1-6H3. The predicted molar refractivity (Wildman–Crippen MR) is 167 cm³/mol. The van der Waals surface area contributed by atoms with Crippen LogP contribution in [0.2, 0.25) is 5.02 Å². The number of ether oxygens (including phenoxy) is 1. The van der Waals surface area contributed by atoms with Crippen molar-refractivity contribution in [2.24, 2.45) is 0 Å². The molecule has 2 aliphatic heterocycles. The molecule has 0 saturated carbocycles. The zero-order valence-corrected chi connectivity index (χ0v) is 26.4. The third kappa shape index (κ3) is 6.28. The van der Waals surface area contributed by atoms with Crippen molar-refractivity contribution in [3.05, 3.63) is 75.6 Å². The van der Waals surface area contributed by atoms with E-state index in [-0.39, 0.29) is 17.9 Å². The SMILES string of the molecule is Cc1ccc(N2CCN(C(=O)c3cnn(-c4cccc(Cl)c4C)c3C3CCN(C(=O)OC(C)(C)C)CC3)CC2)c(C)c1. The second-order valence-corrected chi connectivity index (χ2v) is 13.0. The quantitative estimate of drug-likeness (QED) is 0.345. The summed E-state index contributed by atoms with van der Waals surface area (Å²) >= 11 is 6.50. The third-order valence-corrected chi connectivity index (χ3v) is 8.71. The van der Waals surface area contributed by atoms with Gasteiger partial charge in [-0.15, -0.1) is 0 Å². The van der Waals surface area contributed by atoms with E-state index in [9.17, 15) is 9.59 Å². The predicted octanol–water partition coefficient (Wildman–Crippen LogP) is 6.53. The Balaban J connectivity index is 1.39. The van der Waals surface area contributed by atoms with E-state index in [2.05, 4.69) is 36.9 Å². The first-order valence-electron chi connectivity index (χ1n) is 14.9. The maximum Gasteiger partial charge on any atom is 0.410 e. The maximum atomic E-state index is 14.1. The molecule has 42 heavy (non-hydrogen) atoms. The van der Waals surface area contributed by atoms with E-state index in [1.807, 2.05) is 55.5 Å². The zero-order valence-electron chi connectivity index (χ0n) is 25.6. The molecule has 2 saturated heterocycles. The van der Waals surface area contributed by atoms with Crippen LogP contribution < -0.4 is 4.90 Å². The number of benzene rings is 2. The molecule has 0 N–H and O–H groups in total. The first-order chi connectivity index (χ1) is 19.9. The number of halogens is 1. The van der Waals surface area contributed by atoms with Crippen molar-refractivity contribution in [3.8, 4) is 5.69 Å². The number of amides is 2. The Morgan fingerprint density at radius 3 is 2.24 bits per heavy atom. The molecule has 0 radical (unpaired) electrons. The lowest BCUT2D eigenvalue weighted by molar-refractivity contribution is 0.0203. The van der Waals surface area contributed by atoms with Crippen LogP contribution in [0.3, 0.4) is 0 Å². The van der Waals surface area contributed by atoms with Crippen molar-refractivity contribution in [1.29, 1.82) is 0 Å². The largest absolute Gasteiger partial charge is 0.444 e. The van der Waals surface area contributed by atoms with Crippen molar-refractivity contribution in [2.45, 2.75) is 65.9 Å². The van der Waals surface area contributed by atoms with Crippen LogP contribution in [0.15, 0.2) is 42.6 Å². The van der Waals surface area contributed by atoms with Crippen molar-refractivity contribution in [1.82, 2.24) is 19.6 Å². The van der Waals surface area contributed by atoms with Crippen LogP contribution in [0.1, 0.15) is 72.3 Å². The number of hydrogen-bond donors (Lipinski definition) is 0. The van der Waals surface area contributed by atoms with E-state index in [1.165, 1.54) is 16.8 Å². The van der Waals surface area contributed by atoms with Gasteiger partial charge in [0.15, 0.2) is 0 Å². The third-order valence-electron chi connectivity index (χ3n) is 8.30. The highest BCUT2D eigenvalue weighted by atomic mass is 35.5. The number of nitrogens with zero attached hydrogens (tertiary/aromatic N) is 5. The van der Waals surface area contributed by atoms with E-state index < -0.39 is 5.60 Å². The van der Waals surface area contributed by atoms with E-state index >= 15 is 0 Å². The molecular weight excluding hydrogens is 550 g/mol. The van der Waals surface area contributed by atoms with Crippen LogP contribution in [-0.2, 0) is 4.74 Å². The number of aryl methyl sites for hydroxylation is 2. The summed E-state index contributed by atoms with van der Waals surface area (Å²) in [7, 11) is 0. The van der Waals surface area contributed by atoms with Crippen molar-refractivity contribution in [3.63, 3.8) is 0 Å². The van der Waals surface area contributed by atoms with Crippen LogP contribution in [0.25, 0.3) is 5.69 Å². The molecule has 8 nitrogen and oxygen atoms in total. The minimum absolute atomic E-state index is 0.00535. The van der Waals surface area contributed by atoms with Crippen LogP contribution in [0, 0.1) is 20.8 Å². The summed E-state index contributed by atoms with van der Waals surface area (Å²) in [5, 5.41) is 5.42. The molecule has 0 spiro atoms. The number of aromatic nitrogens is 2. The summed E-state index contributed by atoms with van der Waals surface area (Å²) < 4.78 is 7.51. The smallest absolute Gasteiger partial charge is 0.410 e. The molecule has 2 aromatic carbocycles. The zero-order chi connectivity index (χ0) is 30.2. The molecule has 2 amide bonds. The van der Waals surface area contributed by atoms with Gasteiger partial charge in [0.1, 0.15) is 5.60 Å². The van der Waals surface area contributed by atoms with Gasteiger partial charge in [-0.2, -0.15) is 5.10 Å². The number of rotatable bonds is 4. The highest BCUT2D eigenvalue weighted by Crippen LogP contribution is 2.35. The summed E-state index contributed by atoms with van der Waals surface area (Å²) in [5.74, 6) is 0.0609. The number of carbonyl (C=O) groups is 2. The summed E-state index contributed by atoms with van der Waals surface area (Å²) in [4.78, 5) is 32.9. The van der Waals surface area contributed by atoms with Crippen LogP contribution >= 0.6 is 11.6 Å². The minimum atomic E-state index is -0.543. The second kappa shape index (κ2) is 12.0. The second-order valence-electron chi connectivity index (χ2n) is 12.6. The van der Waals surface area contributed by atoms with E-state index in [0.29, 0.717) is 49.6 Å². The molecule has 0 aliphatic carbocycles. The fourth-order valence-electron chi connectivity index (χ4n) is 6.08. The van der Waals surface area contributed by atoms with Gasteiger partial charge in [0, 0.05) is 55.9 Å². The lowest BCUT2D eigenvalue weighted by atomic mass is 9.90. The summed E-state index contributed by atoms with van der Waals surface area (Å²) in [5.41, 5.74) is 6.50. The molecule has 0 bridgehead atoms. The summed E-state index contributed by atoms with van der Waals surface area (Å²) in [6, 6.07) is 12.3. The summed E-state index contributed by atoms with van der Waals surface area (Å²) in [6.07, 6.45) is 2.85. The lowest BCUT2D eigenvalue weighted by Gasteiger charge is -2.37. The van der Waals surface area contributed by atoms with Gasteiger partial charge in [-0.3, -0.25) is 4.79 Å². The van der Waals surface area contributed by atoms with Crippen LogP contribution in [-0.4, -0.2) is 76.5 Å². The Bertz CT molecular complexity index is 1460. The number of anilines is 1. The number of likely N-dealkylation sites (tertiary alicyclic amines) is 1. The molecule has 224 valence electrons. The molecule has 9 heteroatoms. The topological polar surface area (TPSA) is 70.9 Å². The Labute approximate surface area is 254 Å². The average molecular weight is 592 g/mol. The molecule has 2 aliphatic rings. The normalized spacial score (nSPS) is 16.6. The van der Waals surface area contributed by atoms with Gasteiger partial charge in [0.25, 0.3) is 5.91 Å². The molecule has 1 aromatic heterocycles. The van der Waals surface area contributed by atoms with E-state index in [1.54, 1.807) is 11.1 Å². The van der Waals surface area contributed by atoms with Gasteiger partial charge in [0.2, 0.25) is 0 Å². The molecular formula is C33H42ClN5O3. The minimum Gasteiger partial charge on any atom is -0.444 e. The van der Waals surface area contributed by atoms with Crippen LogP contribution in [0.5, 0.6) is 0 Å². The number of piperidine rings is 1. The number of carbonyl (C=O) groups excluding carboxylic acids is 2. The fraction of sp³-hybridized carbons (Fsp3) is 0.485. The van der Waals surface area contributed by atoms with E-state index in [0.717, 1.165) is 30.0 Å². The molecule has 2 fully saturated rings. The first kappa shape index (κ1) is 30.0. The van der Waals surface area contributed by atoms with E-state index in [4.69, 9.17) is 21.4 Å². The molecule has 3 heterocycles. The van der Waals surface area contributed by atoms with Crippen molar-refractivity contribution < 1.29 is 14.3 Å². The van der Waals surface area contributed by atoms with Crippen molar-refractivity contribution in [2.75, 3.05) is 44.2 Å². The lowest BCUT2D eigenvalue weighted by Crippen LogP contribution is -2.49. The van der Waals surface area contributed by atoms with Crippen LogP contribution in [0.4, 0.5) is 10.5 Å². The highest BCUT2D eigenvalue weighted by Gasteiger charge is 2.34.